The smallest absolute Gasteiger partial charge is 0.0561 e. The van der Waals surface area contributed by atoms with Gasteiger partial charge in [0.2, 0.25) is 0 Å². The van der Waals surface area contributed by atoms with Crippen molar-refractivity contribution < 1.29 is 4.74 Å². The van der Waals surface area contributed by atoms with Crippen LogP contribution in [-0.2, 0) is 4.74 Å². The van der Waals surface area contributed by atoms with Crippen molar-refractivity contribution in [3.05, 3.63) is 0 Å². The topological polar surface area (TPSA) is 24.5 Å². The van der Waals surface area contributed by atoms with Crippen molar-refractivity contribution in [1.29, 1.82) is 0 Å². The zero-order valence-electron chi connectivity index (χ0n) is 12.7. The van der Waals surface area contributed by atoms with Gasteiger partial charge in [-0.3, -0.25) is 4.90 Å². The van der Waals surface area contributed by atoms with Gasteiger partial charge in [-0.2, -0.15) is 0 Å². The van der Waals surface area contributed by atoms with Gasteiger partial charge < -0.3 is 10.1 Å². The van der Waals surface area contributed by atoms with Crippen LogP contribution in [0.1, 0.15) is 58.8 Å². The summed E-state index contributed by atoms with van der Waals surface area (Å²) >= 11 is 0. The molecular weight excluding hydrogens is 236 g/mol. The quantitative estimate of drug-likeness (QED) is 0.831. The first-order valence-corrected chi connectivity index (χ1v) is 8.35. The SMILES string of the molecule is CCC1CNC2(CCCC2)CN1C1CCOC(C)C1. The molecule has 3 rings (SSSR count). The first-order chi connectivity index (χ1) is 9.22. The first kappa shape index (κ1) is 13.8. The van der Waals surface area contributed by atoms with Crippen LogP contribution in [0, 0.1) is 0 Å². The molecule has 2 aliphatic heterocycles. The average molecular weight is 266 g/mol. The molecule has 3 atom stereocenters. The average Bonchev–Trinajstić information content (AvgIpc) is 2.87. The van der Waals surface area contributed by atoms with Gasteiger partial charge in [0.25, 0.3) is 0 Å². The van der Waals surface area contributed by atoms with Gasteiger partial charge in [-0.15, -0.1) is 0 Å². The number of ether oxygens (including phenoxy) is 1. The summed E-state index contributed by atoms with van der Waals surface area (Å²) in [6.45, 7) is 8.01. The highest BCUT2D eigenvalue weighted by atomic mass is 16.5. The second-order valence-corrected chi connectivity index (χ2v) is 6.96. The maximum absolute atomic E-state index is 5.74. The second-order valence-electron chi connectivity index (χ2n) is 6.96. The van der Waals surface area contributed by atoms with Crippen LogP contribution in [0.4, 0.5) is 0 Å². The van der Waals surface area contributed by atoms with Crippen LogP contribution in [0.15, 0.2) is 0 Å². The molecule has 110 valence electrons. The molecule has 3 heteroatoms. The molecule has 0 aromatic heterocycles. The minimum atomic E-state index is 0.450. The molecule has 3 fully saturated rings. The number of rotatable bonds is 2. The lowest BCUT2D eigenvalue weighted by molar-refractivity contribution is -0.0478. The molecule has 0 radical (unpaired) electrons. The molecule has 2 saturated heterocycles. The largest absolute Gasteiger partial charge is 0.378 e. The highest BCUT2D eigenvalue weighted by Crippen LogP contribution is 2.35. The van der Waals surface area contributed by atoms with Gasteiger partial charge >= 0.3 is 0 Å². The number of nitrogens with one attached hydrogen (secondary N) is 1. The van der Waals surface area contributed by atoms with E-state index in [-0.39, 0.29) is 0 Å². The molecule has 1 spiro atoms. The Morgan fingerprint density at radius 1 is 1.32 bits per heavy atom. The van der Waals surface area contributed by atoms with Crippen molar-refractivity contribution in [2.75, 3.05) is 19.7 Å². The van der Waals surface area contributed by atoms with Crippen LogP contribution in [0.5, 0.6) is 0 Å². The Bertz CT molecular complexity index is 301. The zero-order chi connectivity index (χ0) is 13.3. The maximum Gasteiger partial charge on any atom is 0.0561 e. The lowest BCUT2D eigenvalue weighted by Gasteiger charge is -2.50. The normalized spacial score (nSPS) is 39.8. The lowest BCUT2D eigenvalue weighted by atomic mass is 9.88. The number of piperazine rings is 1. The van der Waals surface area contributed by atoms with Gasteiger partial charge in [-0.25, -0.2) is 0 Å². The van der Waals surface area contributed by atoms with E-state index >= 15 is 0 Å². The minimum absolute atomic E-state index is 0.450. The Morgan fingerprint density at radius 2 is 2.11 bits per heavy atom. The number of nitrogens with zero attached hydrogens (tertiary/aromatic N) is 1. The summed E-state index contributed by atoms with van der Waals surface area (Å²) in [6.07, 6.45) is 9.80. The van der Waals surface area contributed by atoms with Gasteiger partial charge in [-0.1, -0.05) is 19.8 Å². The number of hydrogen-bond acceptors (Lipinski definition) is 3. The van der Waals surface area contributed by atoms with E-state index in [4.69, 9.17) is 4.74 Å². The van der Waals surface area contributed by atoms with Crippen LogP contribution >= 0.6 is 0 Å². The third-order valence-corrected chi connectivity index (χ3v) is 5.63. The van der Waals surface area contributed by atoms with Gasteiger partial charge in [0.1, 0.15) is 0 Å². The Balaban J connectivity index is 1.71. The third-order valence-electron chi connectivity index (χ3n) is 5.63. The van der Waals surface area contributed by atoms with Crippen molar-refractivity contribution >= 4 is 0 Å². The van der Waals surface area contributed by atoms with E-state index in [1.807, 2.05) is 0 Å². The summed E-state index contributed by atoms with van der Waals surface area (Å²) in [5.41, 5.74) is 0.452. The van der Waals surface area contributed by atoms with Gasteiger partial charge in [-0.05, 0) is 39.0 Å². The van der Waals surface area contributed by atoms with Gasteiger partial charge in [0.05, 0.1) is 6.10 Å². The van der Waals surface area contributed by atoms with Crippen molar-refractivity contribution in [2.45, 2.75) is 82.5 Å². The fourth-order valence-electron chi connectivity index (χ4n) is 4.45. The molecule has 1 N–H and O–H groups in total. The molecule has 0 amide bonds. The highest BCUT2D eigenvalue weighted by molar-refractivity contribution is 5.02. The van der Waals surface area contributed by atoms with Crippen molar-refractivity contribution in [3.63, 3.8) is 0 Å². The molecule has 1 saturated carbocycles. The van der Waals surface area contributed by atoms with Crippen LogP contribution < -0.4 is 5.32 Å². The van der Waals surface area contributed by atoms with Crippen LogP contribution in [0.2, 0.25) is 0 Å². The Morgan fingerprint density at radius 3 is 2.79 bits per heavy atom. The lowest BCUT2D eigenvalue weighted by Crippen LogP contribution is -2.65. The molecule has 3 aliphatic rings. The van der Waals surface area contributed by atoms with Crippen molar-refractivity contribution in [2.24, 2.45) is 0 Å². The molecule has 0 bridgehead atoms. The van der Waals surface area contributed by atoms with Crippen LogP contribution in [-0.4, -0.2) is 48.3 Å². The van der Waals surface area contributed by atoms with E-state index in [2.05, 4.69) is 24.1 Å². The van der Waals surface area contributed by atoms with E-state index in [1.54, 1.807) is 0 Å². The number of hydrogen-bond donors (Lipinski definition) is 1. The van der Waals surface area contributed by atoms with E-state index in [0.717, 1.165) is 18.7 Å². The molecule has 0 aromatic carbocycles. The molecule has 3 unspecified atom stereocenters. The fraction of sp³-hybridized carbons (Fsp3) is 1.00. The van der Waals surface area contributed by atoms with Crippen LogP contribution in [0.25, 0.3) is 0 Å². The Labute approximate surface area is 118 Å². The summed E-state index contributed by atoms with van der Waals surface area (Å²) in [4.78, 5) is 2.85. The third kappa shape index (κ3) is 2.84. The Hall–Kier alpha value is -0.120. The molecular formula is C16H30N2O. The van der Waals surface area contributed by atoms with Crippen molar-refractivity contribution in [3.8, 4) is 0 Å². The summed E-state index contributed by atoms with van der Waals surface area (Å²) in [6, 6.07) is 1.50. The van der Waals surface area contributed by atoms with E-state index in [9.17, 15) is 0 Å². The summed E-state index contributed by atoms with van der Waals surface area (Å²) < 4.78 is 5.74. The first-order valence-electron chi connectivity index (χ1n) is 8.35. The molecule has 2 heterocycles. The molecule has 0 aromatic rings. The van der Waals surface area contributed by atoms with Crippen LogP contribution in [0.3, 0.4) is 0 Å². The molecule has 19 heavy (non-hydrogen) atoms. The molecule has 3 nitrogen and oxygen atoms in total. The van der Waals surface area contributed by atoms with E-state index in [1.165, 1.54) is 58.0 Å². The molecule has 1 aliphatic carbocycles. The monoisotopic (exact) mass is 266 g/mol. The Kier molecular flexibility index (Phi) is 4.16. The standard InChI is InChI=1S/C16H30N2O/c1-3-14-11-17-16(7-4-5-8-16)12-18(14)15-6-9-19-13(2)10-15/h13-15,17H,3-12H2,1-2H3. The minimum Gasteiger partial charge on any atom is -0.378 e. The second kappa shape index (κ2) is 5.71. The van der Waals surface area contributed by atoms with E-state index < -0.39 is 0 Å². The maximum atomic E-state index is 5.74. The summed E-state index contributed by atoms with van der Waals surface area (Å²) in [5.74, 6) is 0. The fourth-order valence-corrected chi connectivity index (χ4v) is 4.45. The summed E-state index contributed by atoms with van der Waals surface area (Å²) in [5, 5.41) is 3.90. The van der Waals surface area contributed by atoms with Gasteiger partial charge in [0, 0.05) is 37.3 Å². The summed E-state index contributed by atoms with van der Waals surface area (Å²) in [7, 11) is 0. The zero-order valence-corrected chi connectivity index (χ0v) is 12.7. The predicted octanol–water partition coefficient (Wildman–Crippen LogP) is 2.55. The van der Waals surface area contributed by atoms with Crippen molar-refractivity contribution in [1.82, 2.24) is 10.2 Å². The highest BCUT2D eigenvalue weighted by Gasteiger charge is 2.43. The van der Waals surface area contributed by atoms with E-state index in [0.29, 0.717) is 11.6 Å². The predicted molar refractivity (Wildman–Crippen MR) is 78.4 cm³/mol. The van der Waals surface area contributed by atoms with Gasteiger partial charge in [0.15, 0.2) is 0 Å².